The molecule has 0 bridgehead atoms. The van der Waals surface area contributed by atoms with Crippen LogP contribution < -0.4 is 5.32 Å². The van der Waals surface area contributed by atoms with Crippen LogP contribution in [0.15, 0.2) is 48.7 Å². The summed E-state index contributed by atoms with van der Waals surface area (Å²) in [4.78, 5) is 12.9. The van der Waals surface area contributed by atoms with E-state index in [0.717, 1.165) is 23.4 Å². The van der Waals surface area contributed by atoms with Crippen LogP contribution in [-0.4, -0.2) is 21.2 Å². The van der Waals surface area contributed by atoms with Gasteiger partial charge in [-0.15, -0.1) is 0 Å². The van der Waals surface area contributed by atoms with Crippen molar-refractivity contribution in [1.82, 2.24) is 15.1 Å². The summed E-state index contributed by atoms with van der Waals surface area (Å²) < 4.78 is 29.2. The molecule has 6 heteroatoms. The number of rotatable bonds is 3. The molecular formula is C24H27F2N3O. The minimum Gasteiger partial charge on any atom is -0.347 e. The zero-order chi connectivity index (χ0) is 22.3. The van der Waals surface area contributed by atoms with Gasteiger partial charge in [0.25, 0.3) is 5.91 Å². The smallest absolute Gasteiger partial charge is 0.251 e. The van der Waals surface area contributed by atoms with Gasteiger partial charge in [-0.05, 0) is 89.1 Å². The topological polar surface area (TPSA) is 46.9 Å². The summed E-state index contributed by atoms with van der Waals surface area (Å²) >= 11 is 0. The van der Waals surface area contributed by atoms with E-state index in [2.05, 4.69) is 10.4 Å². The highest BCUT2D eigenvalue weighted by Crippen LogP contribution is 2.31. The van der Waals surface area contributed by atoms with Gasteiger partial charge in [-0.2, -0.15) is 5.10 Å². The molecule has 158 valence electrons. The largest absolute Gasteiger partial charge is 0.347 e. The normalized spacial score (nSPS) is 12.1. The highest BCUT2D eigenvalue weighted by molar-refractivity contribution is 5.97. The van der Waals surface area contributed by atoms with Crippen LogP contribution in [0.1, 0.15) is 51.9 Å². The maximum absolute atomic E-state index is 13.9. The average molecular weight is 411 g/mol. The molecule has 0 unspecified atom stereocenters. The molecule has 0 saturated heterocycles. The van der Waals surface area contributed by atoms with Gasteiger partial charge < -0.3 is 5.32 Å². The standard InChI is InChI=1S/C24H27F2N3O/c1-23(2,3)28-22(30)18-12-16(15-7-8-19(25)20(26)14-15)11-17(13-18)21-9-10-27-29(21)24(4,5)6/h7-14H,1-6H3,(H,28,30). The van der Waals surface area contributed by atoms with E-state index >= 15 is 0 Å². The van der Waals surface area contributed by atoms with Gasteiger partial charge in [0.15, 0.2) is 11.6 Å². The highest BCUT2D eigenvalue weighted by Gasteiger charge is 2.21. The van der Waals surface area contributed by atoms with Crippen molar-refractivity contribution in [2.24, 2.45) is 0 Å². The van der Waals surface area contributed by atoms with Gasteiger partial charge in [-0.1, -0.05) is 6.07 Å². The Hall–Kier alpha value is -3.02. The number of halogens is 2. The molecule has 0 radical (unpaired) electrons. The summed E-state index contributed by atoms with van der Waals surface area (Å²) in [6, 6.07) is 11.0. The van der Waals surface area contributed by atoms with Gasteiger partial charge in [-0.3, -0.25) is 9.48 Å². The maximum Gasteiger partial charge on any atom is 0.251 e. The molecule has 4 nitrogen and oxygen atoms in total. The van der Waals surface area contributed by atoms with E-state index in [0.29, 0.717) is 16.7 Å². The number of hydrogen-bond donors (Lipinski definition) is 1. The molecule has 3 aromatic rings. The zero-order valence-corrected chi connectivity index (χ0v) is 18.2. The van der Waals surface area contributed by atoms with Crippen molar-refractivity contribution < 1.29 is 13.6 Å². The van der Waals surface area contributed by atoms with Crippen LogP contribution in [0.5, 0.6) is 0 Å². The minimum absolute atomic E-state index is 0.241. The first-order valence-electron chi connectivity index (χ1n) is 9.83. The van der Waals surface area contributed by atoms with Crippen LogP contribution in [0.4, 0.5) is 8.78 Å². The monoisotopic (exact) mass is 411 g/mol. The van der Waals surface area contributed by atoms with Gasteiger partial charge in [0.05, 0.1) is 11.2 Å². The Balaban J connectivity index is 2.20. The van der Waals surface area contributed by atoms with Crippen LogP contribution in [0.25, 0.3) is 22.4 Å². The lowest BCUT2D eigenvalue weighted by Gasteiger charge is -2.23. The summed E-state index contributed by atoms with van der Waals surface area (Å²) in [5.41, 5.74) is 2.45. The summed E-state index contributed by atoms with van der Waals surface area (Å²) in [5.74, 6) is -2.08. The second-order valence-electron chi connectivity index (χ2n) is 9.43. The lowest BCUT2D eigenvalue weighted by Crippen LogP contribution is -2.40. The molecule has 0 aliphatic rings. The number of nitrogens with one attached hydrogen (secondary N) is 1. The van der Waals surface area contributed by atoms with Crippen LogP contribution in [-0.2, 0) is 5.54 Å². The van der Waals surface area contributed by atoms with Crippen molar-refractivity contribution in [1.29, 1.82) is 0 Å². The quantitative estimate of drug-likeness (QED) is 0.594. The van der Waals surface area contributed by atoms with Gasteiger partial charge in [0, 0.05) is 22.9 Å². The third-order valence-electron chi connectivity index (χ3n) is 4.51. The lowest BCUT2D eigenvalue weighted by atomic mass is 9.96. The van der Waals surface area contributed by atoms with Crippen molar-refractivity contribution in [3.05, 3.63) is 65.9 Å². The molecule has 0 fully saturated rings. The molecule has 1 amide bonds. The highest BCUT2D eigenvalue weighted by atomic mass is 19.2. The molecule has 1 N–H and O–H groups in total. The number of carbonyl (C=O) groups excluding carboxylic acids is 1. The predicted octanol–water partition coefficient (Wildman–Crippen LogP) is 5.78. The third kappa shape index (κ3) is 4.75. The van der Waals surface area contributed by atoms with Gasteiger partial charge in [0.1, 0.15) is 0 Å². The minimum atomic E-state index is -0.932. The number of amides is 1. The fraction of sp³-hybridized carbons (Fsp3) is 0.333. The van der Waals surface area contributed by atoms with E-state index in [4.69, 9.17) is 0 Å². The van der Waals surface area contributed by atoms with Crippen LogP contribution in [0.3, 0.4) is 0 Å². The molecule has 0 aliphatic carbocycles. The van der Waals surface area contributed by atoms with Crippen molar-refractivity contribution in [2.75, 3.05) is 0 Å². The number of carbonyl (C=O) groups is 1. The number of aromatic nitrogens is 2. The Labute approximate surface area is 175 Å². The molecule has 0 spiro atoms. The molecule has 30 heavy (non-hydrogen) atoms. The summed E-state index contributed by atoms with van der Waals surface area (Å²) in [5, 5.41) is 7.39. The number of hydrogen-bond acceptors (Lipinski definition) is 2. The Morgan fingerprint density at radius 1 is 0.867 bits per heavy atom. The SMILES string of the molecule is CC(C)(C)NC(=O)c1cc(-c2ccc(F)c(F)c2)cc(-c2ccnn2C(C)(C)C)c1. The number of nitrogens with zero attached hydrogens (tertiary/aromatic N) is 2. The van der Waals surface area contributed by atoms with E-state index < -0.39 is 17.2 Å². The summed E-state index contributed by atoms with van der Waals surface area (Å²) in [7, 11) is 0. The molecule has 2 aromatic carbocycles. The lowest BCUT2D eigenvalue weighted by molar-refractivity contribution is 0.0919. The molecule has 1 aromatic heterocycles. The second kappa shape index (κ2) is 7.67. The fourth-order valence-corrected chi connectivity index (χ4v) is 3.22. The Morgan fingerprint density at radius 2 is 1.53 bits per heavy atom. The van der Waals surface area contributed by atoms with E-state index in [9.17, 15) is 13.6 Å². The van der Waals surface area contributed by atoms with Crippen molar-refractivity contribution in [3.63, 3.8) is 0 Å². The average Bonchev–Trinajstić information content (AvgIpc) is 3.12. The molecule has 0 atom stereocenters. The first-order valence-corrected chi connectivity index (χ1v) is 9.83. The molecular weight excluding hydrogens is 384 g/mol. The van der Waals surface area contributed by atoms with Crippen molar-refractivity contribution in [3.8, 4) is 22.4 Å². The van der Waals surface area contributed by atoms with Crippen molar-refractivity contribution >= 4 is 5.91 Å². The van der Waals surface area contributed by atoms with Gasteiger partial charge in [0.2, 0.25) is 0 Å². The third-order valence-corrected chi connectivity index (χ3v) is 4.51. The van der Waals surface area contributed by atoms with E-state index in [1.54, 1.807) is 18.3 Å². The van der Waals surface area contributed by atoms with Crippen LogP contribution in [0, 0.1) is 11.6 Å². The zero-order valence-electron chi connectivity index (χ0n) is 18.2. The van der Waals surface area contributed by atoms with E-state index in [1.807, 2.05) is 58.4 Å². The second-order valence-corrected chi connectivity index (χ2v) is 9.43. The molecule has 1 heterocycles. The summed E-state index contributed by atoms with van der Waals surface area (Å²) in [6.07, 6.45) is 1.71. The summed E-state index contributed by atoms with van der Waals surface area (Å²) in [6.45, 7) is 11.8. The first-order chi connectivity index (χ1) is 13.8. The maximum atomic E-state index is 13.9. The van der Waals surface area contributed by atoms with Gasteiger partial charge in [-0.25, -0.2) is 8.78 Å². The predicted molar refractivity (Wildman–Crippen MR) is 115 cm³/mol. The fourth-order valence-electron chi connectivity index (χ4n) is 3.22. The van der Waals surface area contributed by atoms with Crippen LogP contribution in [0.2, 0.25) is 0 Å². The Kier molecular flexibility index (Phi) is 5.54. The van der Waals surface area contributed by atoms with Crippen molar-refractivity contribution in [2.45, 2.75) is 52.6 Å². The van der Waals surface area contributed by atoms with E-state index in [-0.39, 0.29) is 11.4 Å². The van der Waals surface area contributed by atoms with E-state index in [1.165, 1.54) is 6.07 Å². The Morgan fingerprint density at radius 3 is 2.13 bits per heavy atom. The number of benzene rings is 2. The first kappa shape index (κ1) is 21.7. The molecule has 3 rings (SSSR count). The van der Waals surface area contributed by atoms with Gasteiger partial charge >= 0.3 is 0 Å². The van der Waals surface area contributed by atoms with Crippen LogP contribution >= 0.6 is 0 Å². The molecule has 0 saturated carbocycles. The Bertz CT molecular complexity index is 1090. The molecule has 0 aliphatic heterocycles.